The fourth-order valence-electron chi connectivity index (χ4n) is 6.21. The fraction of sp³-hybridized carbons (Fsp3) is 0.310. The molecule has 1 aliphatic carbocycles. The van der Waals surface area contributed by atoms with Crippen molar-refractivity contribution < 1.29 is 26.7 Å². The number of nitrogens with zero attached hydrogens (tertiary/aromatic N) is 1. The van der Waals surface area contributed by atoms with E-state index in [-0.39, 0.29) is 16.2 Å². The Morgan fingerprint density at radius 3 is 2.10 bits per heavy atom. The Kier molecular flexibility index (Phi) is 11.9. The highest BCUT2D eigenvalue weighted by Crippen LogP contribution is 2.38. The largest absolute Gasteiger partial charge is 0.429 e. The summed E-state index contributed by atoms with van der Waals surface area (Å²) >= 11 is 0.418. The van der Waals surface area contributed by atoms with Gasteiger partial charge in [-0.05, 0) is 133 Å². The molecule has 8 heteroatoms. The number of rotatable bonds is 9. The summed E-state index contributed by atoms with van der Waals surface area (Å²) in [7, 11) is 0. The lowest BCUT2D eigenvalue weighted by atomic mass is 9.80. The number of unbranched alkanes of at least 4 members (excludes halogenated alkanes) is 1. The highest BCUT2D eigenvalue weighted by molar-refractivity contribution is 8.03. The van der Waals surface area contributed by atoms with E-state index in [4.69, 9.17) is 10.00 Å². The molecule has 0 amide bonds. The molecule has 5 rings (SSSR count). The molecule has 1 aliphatic rings. The molecule has 0 radical (unpaired) electrons. The van der Waals surface area contributed by atoms with Crippen LogP contribution in [0.1, 0.15) is 96.5 Å². The second-order valence-corrected chi connectivity index (χ2v) is 13.1. The number of alkyl halides is 2. The molecule has 0 fully saturated rings. The number of hydrogen-bond acceptors (Lipinski definition) is 3. The molecule has 4 aromatic rings. The number of aryl methyl sites for hydroxylation is 3. The van der Waals surface area contributed by atoms with Gasteiger partial charge >= 0.3 is 6.11 Å². The van der Waals surface area contributed by atoms with Gasteiger partial charge in [-0.1, -0.05) is 63.7 Å². The highest BCUT2D eigenvalue weighted by Gasteiger charge is 2.39. The predicted octanol–water partition coefficient (Wildman–Crippen LogP) is 11.0. The van der Waals surface area contributed by atoms with Gasteiger partial charge in [0.1, 0.15) is 34.2 Å². The van der Waals surface area contributed by atoms with E-state index in [0.717, 1.165) is 54.5 Å². The number of benzene rings is 4. The van der Waals surface area contributed by atoms with Crippen LogP contribution >= 0.6 is 11.8 Å². The Hall–Kier alpha value is -4.71. The van der Waals surface area contributed by atoms with Crippen LogP contribution < -0.4 is 4.74 Å². The summed E-state index contributed by atoms with van der Waals surface area (Å²) < 4.78 is 79.5. The van der Waals surface area contributed by atoms with Gasteiger partial charge in [-0.15, -0.1) is 0 Å². The number of hydrogen-bond donors (Lipinski definition) is 0. The van der Waals surface area contributed by atoms with E-state index in [1.807, 2.05) is 19.9 Å². The lowest BCUT2D eigenvalue weighted by Gasteiger charge is -2.27. The van der Waals surface area contributed by atoms with Crippen LogP contribution in [0.4, 0.5) is 22.0 Å². The van der Waals surface area contributed by atoms with Crippen LogP contribution in [0.5, 0.6) is 5.75 Å². The maximum Gasteiger partial charge on any atom is 0.429 e. The van der Waals surface area contributed by atoms with Crippen LogP contribution in [0.3, 0.4) is 0 Å². The molecule has 0 bridgehead atoms. The van der Waals surface area contributed by atoms with Crippen LogP contribution in [-0.4, -0.2) is 0 Å². The van der Waals surface area contributed by atoms with Gasteiger partial charge < -0.3 is 4.74 Å². The highest BCUT2D eigenvalue weighted by atomic mass is 32.2. The quantitative estimate of drug-likeness (QED) is 0.0755. The Balaban J connectivity index is 1.32. The Morgan fingerprint density at radius 2 is 1.44 bits per heavy atom. The number of nitriles is 1. The van der Waals surface area contributed by atoms with Gasteiger partial charge in [0.2, 0.25) is 0 Å². The van der Waals surface area contributed by atoms with Crippen molar-refractivity contribution in [2.24, 2.45) is 5.92 Å². The maximum absolute atomic E-state index is 15.4. The first kappa shape index (κ1) is 36.6. The molecular weight excluding hydrogens is 662 g/mol. The van der Waals surface area contributed by atoms with Crippen molar-refractivity contribution in [2.45, 2.75) is 83.1 Å². The van der Waals surface area contributed by atoms with E-state index in [0.29, 0.717) is 65.6 Å². The third kappa shape index (κ3) is 8.71. The van der Waals surface area contributed by atoms with E-state index < -0.39 is 29.1 Å². The molecule has 0 aromatic heterocycles. The van der Waals surface area contributed by atoms with Crippen molar-refractivity contribution in [3.8, 4) is 34.8 Å². The van der Waals surface area contributed by atoms with E-state index in [1.54, 1.807) is 23.6 Å². The molecule has 2 nitrogen and oxygen atoms in total. The van der Waals surface area contributed by atoms with Crippen molar-refractivity contribution in [3.05, 3.63) is 128 Å². The van der Waals surface area contributed by atoms with Crippen molar-refractivity contribution in [1.82, 2.24) is 0 Å². The smallest absolute Gasteiger partial charge is 0.429 e. The molecule has 0 aliphatic heterocycles. The minimum atomic E-state index is -3.86. The van der Waals surface area contributed by atoms with Crippen LogP contribution in [0.15, 0.2) is 65.6 Å². The van der Waals surface area contributed by atoms with Gasteiger partial charge in [0.25, 0.3) is 0 Å². The molecule has 256 valence electrons. The van der Waals surface area contributed by atoms with E-state index in [2.05, 4.69) is 30.6 Å². The Morgan fingerprint density at radius 1 is 0.780 bits per heavy atom. The van der Waals surface area contributed by atoms with Crippen LogP contribution in [0.2, 0.25) is 0 Å². The number of ether oxygens (including phenoxy) is 1. The minimum Gasteiger partial charge on any atom is -0.429 e. The number of thioether (sulfide) groups is 1. The van der Waals surface area contributed by atoms with Crippen molar-refractivity contribution in [3.63, 3.8) is 0 Å². The summed E-state index contributed by atoms with van der Waals surface area (Å²) in [4.78, 5) is -0.363. The zero-order valence-electron chi connectivity index (χ0n) is 28.2. The summed E-state index contributed by atoms with van der Waals surface area (Å²) in [6, 6.07) is 14.7. The molecule has 0 heterocycles. The topological polar surface area (TPSA) is 33.0 Å². The monoisotopic (exact) mass is 697 g/mol. The normalized spacial score (nSPS) is 13.7. The van der Waals surface area contributed by atoms with Crippen molar-refractivity contribution >= 4 is 11.8 Å². The van der Waals surface area contributed by atoms with Crippen molar-refractivity contribution in [1.29, 1.82) is 5.26 Å². The van der Waals surface area contributed by atoms with Gasteiger partial charge in [0, 0.05) is 22.3 Å². The molecular formula is C42H36F5NOS. The zero-order chi connectivity index (χ0) is 35.8. The summed E-state index contributed by atoms with van der Waals surface area (Å²) in [5.74, 6) is 9.73. The molecule has 1 atom stereocenters. The molecule has 0 N–H and O–H groups in total. The third-order valence-electron chi connectivity index (χ3n) is 8.92. The van der Waals surface area contributed by atoms with Gasteiger partial charge in [0.05, 0.1) is 4.90 Å². The third-order valence-corrected chi connectivity index (χ3v) is 9.60. The van der Waals surface area contributed by atoms with Crippen LogP contribution in [0, 0.1) is 57.7 Å². The fourth-order valence-corrected chi connectivity index (χ4v) is 6.61. The molecule has 0 saturated heterocycles. The first-order chi connectivity index (χ1) is 24.0. The summed E-state index contributed by atoms with van der Waals surface area (Å²) in [5, 5.41) is 10.4. The molecule has 0 spiro atoms. The Labute approximate surface area is 295 Å². The molecule has 50 heavy (non-hydrogen) atoms. The zero-order valence-corrected chi connectivity index (χ0v) is 29.0. The molecule has 4 aromatic carbocycles. The first-order valence-corrected chi connectivity index (χ1v) is 17.6. The minimum absolute atomic E-state index is 0.0800. The molecule has 1 unspecified atom stereocenters. The maximum atomic E-state index is 15.4. The van der Waals surface area contributed by atoms with Gasteiger partial charge in [-0.25, -0.2) is 13.2 Å². The average molecular weight is 698 g/mol. The van der Waals surface area contributed by atoms with Crippen molar-refractivity contribution in [2.75, 3.05) is 0 Å². The number of fused-ring (bicyclic) bond motifs is 1. The van der Waals surface area contributed by atoms with E-state index >= 15 is 13.2 Å². The number of halogens is 5. The Bertz CT molecular complexity index is 2040. The van der Waals surface area contributed by atoms with Crippen LogP contribution in [-0.2, 0) is 31.8 Å². The van der Waals surface area contributed by atoms with Gasteiger partial charge in [-0.3, -0.25) is 0 Å². The van der Waals surface area contributed by atoms with Crippen LogP contribution in [0.25, 0.3) is 0 Å². The summed E-state index contributed by atoms with van der Waals surface area (Å²) in [5.41, 5.74) is 4.58. The lowest BCUT2D eigenvalue weighted by Crippen LogP contribution is -2.25. The SMILES string of the molecule is CCCCC1CCc2cc(C(F)(F)Oc3ccc(C#Cc4ccc(C#Cc5cc(F)c(SC#N)c(F)c5)c(CC)c4)c(CC)c3)c(F)cc2C1. The van der Waals surface area contributed by atoms with E-state index in [1.165, 1.54) is 24.3 Å². The van der Waals surface area contributed by atoms with Gasteiger partial charge in [0.15, 0.2) is 0 Å². The predicted molar refractivity (Wildman–Crippen MR) is 187 cm³/mol. The van der Waals surface area contributed by atoms with Gasteiger partial charge in [-0.2, -0.15) is 14.0 Å². The average Bonchev–Trinajstić information content (AvgIpc) is 3.10. The summed E-state index contributed by atoms with van der Waals surface area (Å²) in [6.07, 6.45) is 2.82. The molecule has 0 saturated carbocycles. The second-order valence-electron chi connectivity index (χ2n) is 12.3. The summed E-state index contributed by atoms with van der Waals surface area (Å²) in [6.45, 7) is 5.97. The van der Waals surface area contributed by atoms with E-state index in [9.17, 15) is 8.78 Å². The second kappa shape index (κ2) is 16.3. The lowest BCUT2D eigenvalue weighted by molar-refractivity contribution is -0.187. The first-order valence-electron chi connectivity index (χ1n) is 16.8. The standard InChI is InChI=1S/C42H36F5NOS/c1-4-7-8-27-11-16-34-24-37(38(43)25-35(34)20-27)42(46,47)49-36-18-17-33(31(6-3)23-36)14-10-28-9-13-32(30(5-2)19-28)15-12-29-21-39(44)41(50-26-48)40(45)22-29/h9,13,17-19,21-25,27H,4-8,11,16,20H2,1-3H3. The number of thiocyanates is 1.